The highest BCUT2D eigenvalue weighted by Crippen LogP contribution is 2.50. The molecule has 2 unspecified atom stereocenters. The number of alkyl halides is 7. The van der Waals surface area contributed by atoms with Gasteiger partial charge in [-0.3, -0.25) is 9.59 Å². The Labute approximate surface area is 186 Å². The average Bonchev–Trinajstić information content (AvgIpc) is 3.43. The van der Waals surface area contributed by atoms with Crippen LogP contribution in [0.4, 0.5) is 41.2 Å². The number of benzene rings is 2. The zero-order chi connectivity index (χ0) is 24.8. The number of fused-ring (bicyclic) bond motifs is 6. The average molecular weight is 489 g/mol. The van der Waals surface area contributed by atoms with Gasteiger partial charge in [-0.2, -0.15) is 30.7 Å². The molecule has 0 saturated carbocycles. The van der Waals surface area contributed by atoms with E-state index in [9.17, 15) is 45.1 Å². The standard InChI is InChI=1S/C21H14F7N3O3/c22-19(23,20(24,25)21(26,27)28)17(33)29-9-11-8-14(29)15-16(32)31(18(34)30(11)15)13-7-3-5-10-4-1-2-6-12(10)13/h1-7,11,14-15H,8-9H2/t11?,14?,15-/m1/s1. The lowest BCUT2D eigenvalue weighted by molar-refractivity contribution is -0.346. The fourth-order valence-electron chi connectivity index (χ4n) is 5.01. The second-order valence-corrected chi connectivity index (χ2v) is 8.37. The molecule has 3 heterocycles. The second kappa shape index (κ2) is 6.83. The molecule has 3 aliphatic rings. The summed E-state index contributed by atoms with van der Waals surface area (Å²) >= 11 is 0. The van der Waals surface area contributed by atoms with Gasteiger partial charge < -0.3 is 9.80 Å². The lowest BCUT2D eigenvalue weighted by Gasteiger charge is -2.38. The SMILES string of the molecule is O=C1[C@H]2C3CC(CN3C(=O)C(F)(F)C(F)(F)C(F)(F)F)N2C(=O)N1c1cccc2ccccc12. The minimum atomic E-state index is -6.67. The number of likely N-dealkylation sites (tertiary alicyclic amines) is 1. The van der Waals surface area contributed by atoms with Crippen LogP contribution in [-0.4, -0.2) is 70.3 Å². The Balaban J connectivity index is 1.48. The van der Waals surface area contributed by atoms with Gasteiger partial charge >= 0.3 is 24.1 Å². The monoisotopic (exact) mass is 489 g/mol. The van der Waals surface area contributed by atoms with Gasteiger partial charge in [0, 0.05) is 11.9 Å². The Kier molecular flexibility index (Phi) is 4.50. The Hall–Kier alpha value is -3.38. The summed E-state index contributed by atoms with van der Waals surface area (Å²) in [5.41, 5.74) is 0.203. The van der Waals surface area contributed by atoms with Crippen LogP contribution in [0.2, 0.25) is 0 Å². The molecule has 2 bridgehead atoms. The predicted molar refractivity (Wildman–Crippen MR) is 102 cm³/mol. The Morgan fingerprint density at radius 3 is 2.24 bits per heavy atom. The molecule has 34 heavy (non-hydrogen) atoms. The van der Waals surface area contributed by atoms with Gasteiger partial charge in [0.25, 0.3) is 11.8 Å². The largest absolute Gasteiger partial charge is 0.460 e. The zero-order valence-electron chi connectivity index (χ0n) is 16.9. The summed E-state index contributed by atoms with van der Waals surface area (Å²) in [4.78, 5) is 40.6. The molecule has 2 aromatic rings. The summed E-state index contributed by atoms with van der Waals surface area (Å²) < 4.78 is 92.6. The van der Waals surface area contributed by atoms with E-state index in [1.807, 2.05) is 0 Å². The molecule has 5 rings (SSSR count). The first-order valence-corrected chi connectivity index (χ1v) is 10.1. The molecule has 180 valence electrons. The molecule has 0 aromatic heterocycles. The molecule has 3 atom stereocenters. The lowest BCUT2D eigenvalue weighted by Crippen LogP contribution is -2.64. The van der Waals surface area contributed by atoms with Crippen LogP contribution >= 0.6 is 0 Å². The molecule has 0 spiro atoms. The Morgan fingerprint density at radius 2 is 1.56 bits per heavy atom. The first-order valence-electron chi connectivity index (χ1n) is 10.1. The highest BCUT2D eigenvalue weighted by atomic mass is 19.4. The zero-order valence-corrected chi connectivity index (χ0v) is 16.9. The smallest absolute Gasteiger partial charge is 0.330 e. The van der Waals surface area contributed by atoms with Gasteiger partial charge in [-0.25, -0.2) is 9.69 Å². The molecule has 3 fully saturated rings. The lowest BCUT2D eigenvalue weighted by atomic mass is 10.0. The van der Waals surface area contributed by atoms with Gasteiger partial charge in [-0.1, -0.05) is 36.4 Å². The molecule has 3 saturated heterocycles. The molecule has 13 heteroatoms. The summed E-state index contributed by atoms with van der Waals surface area (Å²) in [6, 6.07) is 6.92. The van der Waals surface area contributed by atoms with Crippen LogP contribution < -0.4 is 4.90 Å². The maximum absolute atomic E-state index is 14.1. The molecule has 4 amide bonds. The van der Waals surface area contributed by atoms with Gasteiger partial charge in [0.1, 0.15) is 6.04 Å². The number of carbonyl (C=O) groups excluding carboxylic acids is 3. The first-order chi connectivity index (χ1) is 15.8. The molecule has 3 aliphatic heterocycles. The van der Waals surface area contributed by atoms with Gasteiger partial charge in [0.05, 0.1) is 17.8 Å². The number of halogens is 7. The van der Waals surface area contributed by atoms with Crippen molar-refractivity contribution in [1.82, 2.24) is 9.80 Å². The van der Waals surface area contributed by atoms with Crippen LogP contribution in [-0.2, 0) is 9.59 Å². The minimum absolute atomic E-state index is 0.170. The van der Waals surface area contributed by atoms with E-state index in [2.05, 4.69) is 0 Å². The van der Waals surface area contributed by atoms with E-state index < -0.39 is 60.5 Å². The first kappa shape index (κ1) is 22.4. The van der Waals surface area contributed by atoms with E-state index in [1.54, 1.807) is 36.4 Å². The van der Waals surface area contributed by atoms with E-state index in [0.717, 1.165) is 9.80 Å². The minimum Gasteiger partial charge on any atom is -0.330 e. The maximum Gasteiger partial charge on any atom is 0.460 e. The molecular weight excluding hydrogens is 475 g/mol. The molecule has 0 N–H and O–H groups in total. The van der Waals surface area contributed by atoms with Crippen molar-refractivity contribution < 1.29 is 45.1 Å². The fraction of sp³-hybridized carbons (Fsp3) is 0.381. The summed E-state index contributed by atoms with van der Waals surface area (Å²) in [6.07, 6.45) is -6.85. The second-order valence-electron chi connectivity index (χ2n) is 8.37. The molecule has 0 radical (unpaired) electrons. The van der Waals surface area contributed by atoms with Crippen LogP contribution in [0.1, 0.15) is 6.42 Å². The molecule has 6 nitrogen and oxygen atoms in total. The van der Waals surface area contributed by atoms with Crippen molar-refractivity contribution in [1.29, 1.82) is 0 Å². The molecular formula is C21H14F7N3O3. The number of hydrogen-bond donors (Lipinski definition) is 0. The third-order valence-electron chi connectivity index (χ3n) is 6.55. The Bertz CT molecular complexity index is 1230. The van der Waals surface area contributed by atoms with Gasteiger partial charge in [0.2, 0.25) is 0 Å². The fourth-order valence-corrected chi connectivity index (χ4v) is 5.01. The van der Waals surface area contributed by atoms with Crippen LogP contribution in [0, 0.1) is 0 Å². The van der Waals surface area contributed by atoms with Crippen LogP contribution in [0.3, 0.4) is 0 Å². The van der Waals surface area contributed by atoms with Crippen molar-refractivity contribution in [3.8, 4) is 0 Å². The summed E-state index contributed by atoms with van der Waals surface area (Å²) in [7, 11) is 0. The van der Waals surface area contributed by atoms with E-state index in [1.165, 1.54) is 6.07 Å². The summed E-state index contributed by atoms with van der Waals surface area (Å²) in [5, 5.41) is 1.23. The molecule has 2 aromatic carbocycles. The van der Waals surface area contributed by atoms with Crippen molar-refractivity contribution in [2.24, 2.45) is 0 Å². The van der Waals surface area contributed by atoms with Crippen LogP contribution in [0.25, 0.3) is 10.8 Å². The topological polar surface area (TPSA) is 60.9 Å². The number of nitrogens with zero attached hydrogens (tertiary/aromatic N) is 3. The number of piperazine rings is 1. The van der Waals surface area contributed by atoms with Crippen LogP contribution in [0.5, 0.6) is 0 Å². The third kappa shape index (κ3) is 2.72. The number of hydrogen-bond acceptors (Lipinski definition) is 3. The van der Waals surface area contributed by atoms with E-state index in [4.69, 9.17) is 0 Å². The number of carbonyl (C=O) groups is 3. The van der Waals surface area contributed by atoms with Crippen molar-refractivity contribution in [3.63, 3.8) is 0 Å². The van der Waals surface area contributed by atoms with E-state index in [-0.39, 0.29) is 17.0 Å². The summed E-state index contributed by atoms with van der Waals surface area (Å²) in [5.74, 6) is -16.3. The maximum atomic E-state index is 14.1. The Morgan fingerprint density at radius 1 is 0.912 bits per heavy atom. The third-order valence-corrected chi connectivity index (χ3v) is 6.55. The van der Waals surface area contributed by atoms with Gasteiger partial charge in [-0.05, 0) is 17.9 Å². The highest BCUT2D eigenvalue weighted by molar-refractivity contribution is 6.25. The van der Waals surface area contributed by atoms with Crippen LogP contribution in [0.15, 0.2) is 42.5 Å². The van der Waals surface area contributed by atoms with Gasteiger partial charge in [0.15, 0.2) is 0 Å². The van der Waals surface area contributed by atoms with Crippen molar-refractivity contribution in [3.05, 3.63) is 42.5 Å². The number of anilines is 1. The van der Waals surface area contributed by atoms with Crippen molar-refractivity contribution in [2.75, 3.05) is 11.4 Å². The molecule has 0 aliphatic carbocycles. The van der Waals surface area contributed by atoms with Crippen molar-refractivity contribution >= 4 is 34.3 Å². The number of amides is 4. The van der Waals surface area contributed by atoms with E-state index in [0.29, 0.717) is 10.8 Å². The number of rotatable bonds is 3. The number of urea groups is 1. The number of imide groups is 1. The normalized spacial score (nSPS) is 25.0. The van der Waals surface area contributed by atoms with E-state index >= 15 is 0 Å². The highest BCUT2D eigenvalue weighted by Gasteiger charge is 2.78. The quantitative estimate of drug-likeness (QED) is 0.487. The predicted octanol–water partition coefficient (Wildman–Crippen LogP) is 3.79. The summed E-state index contributed by atoms with van der Waals surface area (Å²) in [6.45, 7) is -0.689. The van der Waals surface area contributed by atoms with Crippen molar-refractivity contribution in [2.45, 2.75) is 42.6 Å². The van der Waals surface area contributed by atoms with Gasteiger partial charge in [-0.15, -0.1) is 0 Å².